The molecule has 2 aliphatic rings. The Morgan fingerprint density at radius 1 is 1.16 bits per heavy atom. The largest absolute Gasteiger partial charge is 0.391 e. The van der Waals surface area contributed by atoms with Crippen molar-refractivity contribution in [3.8, 4) is 0 Å². The summed E-state index contributed by atoms with van der Waals surface area (Å²) in [5.41, 5.74) is 1.09. The Bertz CT molecular complexity index is 632. The molecule has 0 spiro atoms. The van der Waals surface area contributed by atoms with Gasteiger partial charge in [-0.15, -0.1) is 0 Å². The number of likely N-dealkylation sites (tertiary alicyclic amines) is 1. The summed E-state index contributed by atoms with van der Waals surface area (Å²) in [5, 5.41) is 13.3. The summed E-state index contributed by atoms with van der Waals surface area (Å²) in [6.07, 6.45) is 7.62. The molecule has 6 nitrogen and oxygen atoms in total. The number of nitrogens with zero attached hydrogens (tertiary/aromatic N) is 2. The topological polar surface area (TPSA) is 74.6 Å². The zero-order valence-electron chi connectivity index (χ0n) is 15.2. The van der Waals surface area contributed by atoms with Gasteiger partial charge in [-0.25, -0.2) is 0 Å². The number of carbonyl (C=O) groups excluding carboxylic acids is 2. The highest BCUT2D eigenvalue weighted by atomic mass is 16.3. The second-order valence-electron chi connectivity index (χ2n) is 7.48. The number of aliphatic hydroxyl groups excluding tert-OH is 1. The van der Waals surface area contributed by atoms with E-state index in [1.54, 1.807) is 23.9 Å². The molecule has 1 aliphatic heterocycles. The van der Waals surface area contributed by atoms with Gasteiger partial charge in [0.2, 0.25) is 0 Å². The molecule has 1 aromatic rings. The van der Waals surface area contributed by atoms with E-state index in [1.165, 1.54) is 13.3 Å². The summed E-state index contributed by atoms with van der Waals surface area (Å²) < 4.78 is 1.71. The van der Waals surface area contributed by atoms with E-state index in [4.69, 9.17) is 0 Å². The van der Waals surface area contributed by atoms with Crippen LogP contribution in [-0.4, -0.2) is 57.5 Å². The van der Waals surface area contributed by atoms with Crippen LogP contribution < -0.4 is 5.32 Å². The molecule has 25 heavy (non-hydrogen) atoms. The van der Waals surface area contributed by atoms with Crippen LogP contribution in [0.15, 0.2) is 12.3 Å². The van der Waals surface area contributed by atoms with Crippen LogP contribution in [0.5, 0.6) is 0 Å². The number of amides is 1. The Labute approximate surface area is 149 Å². The zero-order valence-corrected chi connectivity index (χ0v) is 15.2. The highest BCUT2D eigenvalue weighted by Crippen LogP contribution is 2.26. The number of hydrogen-bond acceptors (Lipinski definition) is 4. The monoisotopic (exact) mass is 347 g/mol. The molecule has 1 amide bonds. The second-order valence-corrected chi connectivity index (χ2v) is 7.48. The minimum absolute atomic E-state index is 0.0333. The predicted molar refractivity (Wildman–Crippen MR) is 95.7 cm³/mol. The standard InChI is InChI=1S/C19H29N3O3/c1-13(23)14-11-17(21(2)12-14)19(25)20-15-7-9-22(10-8-15)16-5-3-4-6-18(16)24/h11-12,15-16,18,24H,3-10H2,1-2H3,(H,20,25). The molecular formula is C19H29N3O3. The van der Waals surface area contributed by atoms with E-state index in [0.29, 0.717) is 11.3 Å². The fourth-order valence-electron chi connectivity index (χ4n) is 4.14. The molecule has 0 bridgehead atoms. The predicted octanol–water partition coefficient (Wildman–Crippen LogP) is 1.73. The molecule has 1 aromatic heterocycles. The van der Waals surface area contributed by atoms with Crippen molar-refractivity contribution in [1.29, 1.82) is 0 Å². The molecule has 138 valence electrons. The Kier molecular flexibility index (Phi) is 5.59. The van der Waals surface area contributed by atoms with Crippen molar-refractivity contribution in [2.45, 2.75) is 63.6 Å². The van der Waals surface area contributed by atoms with Gasteiger partial charge in [-0.1, -0.05) is 12.8 Å². The van der Waals surface area contributed by atoms with Crippen LogP contribution in [0.25, 0.3) is 0 Å². The van der Waals surface area contributed by atoms with Crippen LogP contribution in [-0.2, 0) is 7.05 Å². The van der Waals surface area contributed by atoms with Crippen molar-refractivity contribution in [3.05, 3.63) is 23.5 Å². The average Bonchev–Trinajstić information content (AvgIpc) is 2.98. The van der Waals surface area contributed by atoms with Gasteiger partial charge in [0, 0.05) is 44.0 Å². The van der Waals surface area contributed by atoms with Gasteiger partial charge in [-0.2, -0.15) is 0 Å². The van der Waals surface area contributed by atoms with Crippen molar-refractivity contribution in [2.24, 2.45) is 7.05 Å². The third-order valence-corrected chi connectivity index (χ3v) is 5.67. The summed E-state index contributed by atoms with van der Waals surface area (Å²) in [7, 11) is 1.79. The van der Waals surface area contributed by atoms with Crippen molar-refractivity contribution in [1.82, 2.24) is 14.8 Å². The van der Waals surface area contributed by atoms with Gasteiger partial charge in [0.25, 0.3) is 5.91 Å². The number of Topliss-reactive ketones (excluding diaryl/α,β-unsaturated/α-hetero) is 1. The number of nitrogens with one attached hydrogen (secondary N) is 1. The molecule has 6 heteroatoms. The Hall–Kier alpha value is -1.66. The van der Waals surface area contributed by atoms with Crippen LogP contribution in [0.3, 0.4) is 0 Å². The number of rotatable bonds is 4. The SMILES string of the molecule is CC(=O)c1cc(C(=O)NC2CCN(C3CCCCC3O)CC2)n(C)c1. The molecule has 2 fully saturated rings. The van der Waals surface area contributed by atoms with Gasteiger partial charge in [-0.3, -0.25) is 14.5 Å². The maximum atomic E-state index is 12.5. The summed E-state index contributed by atoms with van der Waals surface area (Å²) in [4.78, 5) is 26.4. The molecule has 2 N–H and O–H groups in total. The molecule has 0 radical (unpaired) electrons. The highest BCUT2D eigenvalue weighted by molar-refractivity contribution is 5.99. The van der Waals surface area contributed by atoms with Crippen LogP contribution in [0.1, 0.15) is 66.3 Å². The molecule has 2 unspecified atom stereocenters. The molecule has 1 saturated carbocycles. The molecule has 3 rings (SSSR count). The van der Waals surface area contributed by atoms with E-state index < -0.39 is 0 Å². The minimum Gasteiger partial charge on any atom is -0.391 e. The normalized spacial score (nSPS) is 25.7. The van der Waals surface area contributed by atoms with Crippen molar-refractivity contribution in [3.63, 3.8) is 0 Å². The van der Waals surface area contributed by atoms with Gasteiger partial charge in [0.05, 0.1) is 6.10 Å². The van der Waals surface area contributed by atoms with Gasteiger partial charge in [0.15, 0.2) is 5.78 Å². The van der Waals surface area contributed by atoms with Crippen LogP contribution in [0.4, 0.5) is 0 Å². The average molecular weight is 347 g/mol. The fraction of sp³-hybridized carbons (Fsp3) is 0.684. The lowest BCUT2D eigenvalue weighted by atomic mass is 9.89. The first-order valence-electron chi connectivity index (χ1n) is 9.36. The maximum absolute atomic E-state index is 12.5. The van der Waals surface area contributed by atoms with Gasteiger partial charge >= 0.3 is 0 Å². The molecule has 2 atom stereocenters. The van der Waals surface area contributed by atoms with Gasteiger partial charge in [-0.05, 0) is 38.7 Å². The molecule has 2 heterocycles. The van der Waals surface area contributed by atoms with Crippen LogP contribution in [0, 0.1) is 0 Å². The Morgan fingerprint density at radius 3 is 2.44 bits per heavy atom. The number of aromatic nitrogens is 1. The number of aliphatic hydroxyl groups is 1. The lowest BCUT2D eigenvalue weighted by Crippen LogP contribution is -2.52. The number of carbonyl (C=O) groups is 2. The quantitative estimate of drug-likeness (QED) is 0.814. The molecule has 1 saturated heterocycles. The lowest BCUT2D eigenvalue weighted by molar-refractivity contribution is 0.00725. The van der Waals surface area contributed by atoms with Crippen LogP contribution >= 0.6 is 0 Å². The summed E-state index contributed by atoms with van der Waals surface area (Å²) in [5.74, 6) is -0.153. The van der Waals surface area contributed by atoms with E-state index >= 15 is 0 Å². The van der Waals surface area contributed by atoms with Gasteiger partial charge in [0.1, 0.15) is 5.69 Å². The van der Waals surface area contributed by atoms with E-state index in [2.05, 4.69) is 10.2 Å². The van der Waals surface area contributed by atoms with E-state index in [0.717, 1.165) is 45.2 Å². The summed E-state index contributed by atoms with van der Waals surface area (Å²) >= 11 is 0. The number of aryl methyl sites for hydroxylation is 1. The van der Waals surface area contributed by atoms with E-state index in [1.807, 2.05) is 0 Å². The van der Waals surface area contributed by atoms with E-state index in [9.17, 15) is 14.7 Å². The fourth-order valence-corrected chi connectivity index (χ4v) is 4.14. The summed E-state index contributed by atoms with van der Waals surface area (Å²) in [6.45, 7) is 3.34. The van der Waals surface area contributed by atoms with Crippen molar-refractivity contribution < 1.29 is 14.7 Å². The highest BCUT2D eigenvalue weighted by Gasteiger charge is 2.32. The minimum atomic E-state index is -0.201. The van der Waals surface area contributed by atoms with Gasteiger partial charge < -0.3 is 15.0 Å². The second kappa shape index (κ2) is 7.70. The Morgan fingerprint density at radius 2 is 1.84 bits per heavy atom. The smallest absolute Gasteiger partial charge is 0.268 e. The first-order valence-corrected chi connectivity index (χ1v) is 9.36. The molecular weight excluding hydrogens is 318 g/mol. The summed E-state index contributed by atoms with van der Waals surface area (Å²) in [6, 6.07) is 2.10. The third kappa shape index (κ3) is 4.12. The Balaban J connectivity index is 1.53. The van der Waals surface area contributed by atoms with Crippen molar-refractivity contribution in [2.75, 3.05) is 13.1 Å². The molecule has 1 aliphatic carbocycles. The van der Waals surface area contributed by atoms with E-state index in [-0.39, 0.29) is 29.9 Å². The first kappa shape index (κ1) is 18.1. The number of piperidine rings is 1. The number of ketones is 1. The van der Waals surface area contributed by atoms with Crippen LogP contribution in [0.2, 0.25) is 0 Å². The zero-order chi connectivity index (χ0) is 18.0. The van der Waals surface area contributed by atoms with Crippen molar-refractivity contribution >= 4 is 11.7 Å². The third-order valence-electron chi connectivity index (χ3n) is 5.67. The number of hydrogen-bond donors (Lipinski definition) is 2. The maximum Gasteiger partial charge on any atom is 0.268 e. The lowest BCUT2D eigenvalue weighted by Gasteiger charge is -2.41. The molecule has 0 aromatic carbocycles. The first-order chi connectivity index (χ1) is 12.0.